The van der Waals surface area contributed by atoms with E-state index in [4.69, 9.17) is 85.3 Å². The van der Waals surface area contributed by atoms with Crippen LogP contribution in [-0.4, -0.2) is 455 Å². The van der Waals surface area contributed by atoms with Crippen molar-refractivity contribution in [2.45, 2.75) is 424 Å². The van der Waals surface area contributed by atoms with E-state index in [0.29, 0.717) is 31.3 Å². The van der Waals surface area contributed by atoms with E-state index >= 15 is 9.59 Å². The number of ether oxygens (including phenoxy) is 18. The molecule has 4 saturated carbocycles. The first-order valence-corrected chi connectivity index (χ1v) is 49.5. The molecule has 46 heteroatoms. The van der Waals surface area contributed by atoms with E-state index in [1.54, 1.807) is 33.8 Å². The second-order valence-electron chi connectivity index (χ2n) is 43.9. The van der Waals surface area contributed by atoms with Gasteiger partial charge in [0, 0.05) is 23.7 Å². The number of aliphatic hydroxyl groups is 25. The molecule has 13 aliphatic rings. The molecule has 0 aromatic carbocycles. The summed E-state index contributed by atoms with van der Waals surface area (Å²) in [5.74, 6) is -6.47. The molecule has 51 atom stereocenters. The predicted octanol–water partition coefficient (Wildman–Crippen LogP) is -5.82. The van der Waals surface area contributed by atoms with Gasteiger partial charge in [0.2, 0.25) is 6.29 Å². The van der Waals surface area contributed by atoms with Crippen molar-refractivity contribution in [1.29, 1.82) is 0 Å². The lowest BCUT2D eigenvalue weighted by Gasteiger charge is -2.72. The quantitative estimate of drug-likeness (QED) is 0.00938. The monoisotopic (exact) mass is 2050 g/mol. The lowest BCUT2D eigenvalue weighted by Crippen LogP contribution is -2.71. The molecule has 8 heterocycles. The fourth-order valence-corrected chi connectivity index (χ4v) is 24.6. The Labute approximate surface area is 828 Å². The van der Waals surface area contributed by atoms with E-state index in [1.807, 2.05) is 27.7 Å². The molecule has 0 aromatic heterocycles. The van der Waals surface area contributed by atoms with Crippen LogP contribution in [0.5, 0.6) is 0 Å². The Morgan fingerprint density at radius 2 is 0.958 bits per heavy atom. The van der Waals surface area contributed by atoms with Crippen molar-refractivity contribution in [1.82, 2.24) is 0 Å². The van der Waals surface area contributed by atoms with Crippen molar-refractivity contribution < 1.29 is 227 Å². The number of carbonyl (C=O) groups excluding carboxylic acids is 3. The molecule has 818 valence electrons. The number of carbonyl (C=O) groups is 3. The van der Waals surface area contributed by atoms with Gasteiger partial charge in [-0.15, -0.1) is 13.2 Å². The summed E-state index contributed by atoms with van der Waals surface area (Å²) in [6.45, 7) is 24.5. The van der Waals surface area contributed by atoms with E-state index in [1.165, 1.54) is 52.0 Å². The standard InChI is InChI=1S/C97H154O46/c1-16-92(11,125)24-18-20-44(33-99)80(123)137-73-41(5)130-86(71(120)67(73)116)143-93(12,17-2)25-19-21-43(32-98)79(122)135-56-31-97(89(124)142-88-77(66(115)61(110)50(35-101)133-88)141-85-72(121)75(139-84-70(119)64(113)60(109)49(34-100)131-84)74(42(6)129-85)138-83-69(118)62(111)51(36-102)132-83)46(29-90(56,7)8)45-28-47(103)78-94(13)26-23-55(91(9,10)53(94)22-27-95(78,14)96(45,15)30-54(97)105)136-81-39(3)57(106)63(112)52(134-81)38-127-87-76(65(114)58(107)40(4)128-87)140-82-68(117)59(108)48(104)37-126-82/h16-17,20-21,28,39-42,46-78,81-88,98-121,125H,1-2,18-19,22-27,29-38H2,3-15H3/b43-21+,44-20+/t39-,40?,41?,42?,46?,47+,48+,49?,50?,51-,52?,53?,54+,55-,56-,57?,58-,59?,60+,61+,62-,63+,64?,65?,66?,67?,68-,69-,70-,71-,72-,73+,74-,75?,76-,77-,78?,81-,82-,83-,84-,85-,86-,87+,88-,92?,93+,94-,95+,96+,97+/m0/s1. The first-order chi connectivity index (χ1) is 67.0. The number of fused-ring (bicyclic) bond motifs is 7. The molecule has 12 fully saturated rings. The largest absolute Gasteiger partial charge is 0.458 e. The minimum Gasteiger partial charge on any atom is -0.458 e. The summed E-state index contributed by atoms with van der Waals surface area (Å²) in [6.07, 6.45) is -62.3. The Kier molecular flexibility index (Phi) is 36.7. The highest BCUT2D eigenvalue weighted by Gasteiger charge is 2.75. The Morgan fingerprint density at radius 3 is 1.57 bits per heavy atom. The number of hydrogen-bond donors (Lipinski definition) is 25. The summed E-state index contributed by atoms with van der Waals surface area (Å²) in [5.41, 5.74) is -10.1. The highest BCUT2D eigenvalue weighted by atomic mass is 16.8. The van der Waals surface area contributed by atoms with Crippen LogP contribution in [0.25, 0.3) is 0 Å². The Bertz CT molecular complexity index is 4390. The van der Waals surface area contributed by atoms with Gasteiger partial charge in [0.25, 0.3) is 0 Å². The molecule has 0 radical (unpaired) electrons. The SMILES string of the molecule is C=CC(C)(O)CC/C=C(\CO)C(=O)O[C@@H]1C(C)O[C@@H](O[C@](C)(C=C)CC/C=C(\CO)C(=O)O[C@H]2C[C@@]3(C(=O)O[C@@H]4OC(CO)[C@@H](O)C(O)[C@@H]4O[C@@H]4OC(C)[C@H](O[C@@H]5O[C@@H](CO)[C@H](O)[C@@H]5O)C(O[C@@H]5OC(CO)[C@@H](O)C(O)[C@@H]5O)[C@@H]4O)C(CC2(C)C)C2=C[C@@H](O)C4[C@@]5(C)CC[C@H](O[C@@H]6OC(CO[C@@H]7OC(C)[C@H](O)C(O)[C@@H]7O[C@@H]7OC[C@@H](O)C(O)[C@@H]7O)[C@@H](O)C(O)[C@@H]6C)C(C)(C)C5CC[C@@]4(C)[C@]2(C)C[C@H]3O)[C@@H](O)C1O. The van der Waals surface area contributed by atoms with Crippen LogP contribution in [-0.2, 0) is 99.6 Å². The van der Waals surface area contributed by atoms with Crippen LogP contribution in [0.15, 0.2) is 60.3 Å². The molecule has 0 spiro atoms. The van der Waals surface area contributed by atoms with Gasteiger partial charge in [-0.3, -0.25) is 4.79 Å². The van der Waals surface area contributed by atoms with Gasteiger partial charge >= 0.3 is 17.9 Å². The van der Waals surface area contributed by atoms with Crippen LogP contribution in [0, 0.1) is 56.2 Å². The second kappa shape index (κ2) is 45.4. The van der Waals surface area contributed by atoms with Gasteiger partial charge in [-0.05, 0) is 132 Å². The molecule has 5 aliphatic carbocycles. The molecule has 25 N–H and O–H groups in total. The van der Waals surface area contributed by atoms with Crippen molar-refractivity contribution in [3.8, 4) is 0 Å². The molecular formula is C97H154O46. The minimum absolute atomic E-state index is 0.0673. The molecule has 0 bridgehead atoms. The first kappa shape index (κ1) is 116. The first-order valence-electron chi connectivity index (χ1n) is 49.5. The molecule has 17 unspecified atom stereocenters. The second-order valence-corrected chi connectivity index (χ2v) is 43.9. The van der Waals surface area contributed by atoms with Crippen molar-refractivity contribution in [3.63, 3.8) is 0 Å². The number of aliphatic hydroxyl groups excluding tert-OH is 24. The molecule has 143 heavy (non-hydrogen) atoms. The van der Waals surface area contributed by atoms with Crippen molar-refractivity contribution in [2.75, 3.05) is 46.2 Å². The third kappa shape index (κ3) is 22.3. The van der Waals surface area contributed by atoms with Crippen LogP contribution in [0.4, 0.5) is 0 Å². The summed E-state index contributed by atoms with van der Waals surface area (Å²) in [5, 5.41) is 282. The Balaban J connectivity index is 0.785. The van der Waals surface area contributed by atoms with Crippen molar-refractivity contribution in [3.05, 3.63) is 60.3 Å². The van der Waals surface area contributed by atoms with Gasteiger partial charge in [-0.25, -0.2) is 9.59 Å². The lowest BCUT2D eigenvalue weighted by molar-refractivity contribution is -0.390. The van der Waals surface area contributed by atoms with E-state index in [0.717, 1.165) is 0 Å². The average Bonchev–Trinajstić information content (AvgIpc) is 0.982. The van der Waals surface area contributed by atoms with Gasteiger partial charge in [-0.1, -0.05) is 91.3 Å². The molecule has 0 amide bonds. The summed E-state index contributed by atoms with van der Waals surface area (Å²) in [6, 6.07) is 0. The number of hydrogen-bond acceptors (Lipinski definition) is 46. The van der Waals surface area contributed by atoms with Crippen molar-refractivity contribution in [2.24, 2.45) is 56.2 Å². The molecule has 0 aromatic rings. The van der Waals surface area contributed by atoms with E-state index in [2.05, 4.69) is 20.1 Å². The third-order valence-corrected chi connectivity index (χ3v) is 33.9. The van der Waals surface area contributed by atoms with Crippen molar-refractivity contribution >= 4 is 17.9 Å². The summed E-state index contributed by atoms with van der Waals surface area (Å²) < 4.78 is 110. The van der Waals surface area contributed by atoms with Crippen LogP contribution in [0.3, 0.4) is 0 Å². The van der Waals surface area contributed by atoms with Crippen LogP contribution >= 0.6 is 0 Å². The number of esters is 3. The highest BCUT2D eigenvalue weighted by Crippen LogP contribution is 2.76. The number of allylic oxidation sites excluding steroid dienone is 3. The Morgan fingerprint density at radius 1 is 0.462 bits per heavy atom. The van der Waals surface area contributed by atoms with Gasteiger partial charge in [-0.2, -0.15) is 0 Å². The maximum atomic E-state index is 16.9. The van der Waals surface area contributed by atoms with Crippen LogP contribution < -0.4 is 0 Å². The van der Waals surface area contributed by atoms with E-state index < -0.39 is 384 Å². The predicted molar refractivity (Wildman–Crippen MR) is 483 cm³/mol. The normalized spacial score (nSPS) is 48.8. The van der Waals surface area contributed by atoms with E-state index in [-0.39, 0.29) is 55.6 Å². The molecule has 8 aliphatic heterocycles. The lowest BCUT2D eigenvalue weighted by atomic mass is 9.32. The molecule has 13 rings (SSSR count). The fourth-order valence-electron chi connectivity index (χ4n) is 24.6. The summed E-state index contributed by atoms with van der Waals surface area (Å²) in [7, 11) is 0. The van der Waals surface area contributed by atoms with Gasteiger partial charge < -0.3 is 213 Å². The summed E-state index contributed by atoms with van der Waals surface area (Å²) >= 11 is 0. The van der Waals surface area contributed by atoms with Gasteiger partial charge in [0.1, 0.15) is 152 Å². The number of rotatable bonds is 34. The maximum Gasteiger partial charge on any atom is 0.336 e. The molecular weight excluding hydrogens is 1900 g/mol. The molecule has 8 saturated heterocycles. The van der Waals surface area contributed by atoms with Gasteiger partial charge in [0.15, 0.2) is 56.2 Å². The summed E-state index contributed by atoms with van der Waals surface area (Å²) in [4.78, 5) is 45.3. The topological polar surface area (TPSA) is 723 Å². The zero-order valence-corrected chi connectivity index (χ0v) is 82.8. The van der Waals surface area contributed by atoms with E-state index in [9.17, 15) is 132 Å². The fraction of sp³-hybridized carbons (Fsp3) is 0.866. The zero-order chi connectivity index (χ0) is 105. The molecule has 46 nitrogen and oxygen atoms in total. The third-order valence-electron chi connectivity index (χ3n) is 33.9. The van der Waals surface area contributed by atoms with Gasteiger partial charge in [0.05, 0.1) is 111 Å². The average molecular weight is 2060 g/mol. The van der Waals surface area contributed by atoms with Crippen LogP contribution in [0.2, 0.25) is 0 Å². The smallest absolute Gasteiger partial charge is 0.336 e. The van der Waals surface area contributed by atoms with Crippen LogP contribution in [0.1, 0.15) is 161 Å². The highest BCUT2D eigenvalue weighted by molar-refractivity contribution is 5.89. The zero-order valence-electron chi connectivity index (χ0n) is 82.8. The Hall–Kier alpha value is -4.49. The minimum atomic E-state index is -2.35. The maximum absolute atomic E-state index is 16.9.